The molecule has 5 heteroatoms. The van der Waals surface area contributed by atoms with Gasteiger partial charge in [0, 0.05) is 44.0 Å². The van der Waals surface area contributed by atoms with Crippen LogP contribution in [0.25, 0.3) is 0 Å². The molecule has 2 aliphatic rings. The summed E-state index contributed by atoms with van der Waals surface area (Å²) in [6, 6.07) is 3.52. The Balaban J connectivity index is 1.37. The summed E-state index contributed by atoms with van der Waals surface area (Å²) < 4.78 is 0. The minimum Gasteiger partial charge on any atom is -0.356 e. The lowest BCUT2D eigenvalue weighted by atomic mass is 9.96. The maximum Gasteiger partial charge on any atom is 0.253 e. The number of amides is 2. The quantitative estimate of drug-likeness (QED) is 0.903. The van der Waals surface area contributed by atoms with Gasteiger partial charge in [0.15, 0.2) is 0 Å². The second-order valence-corrected chi connectivity index (χ2v) is 7.13. The van der Waals surface area contributed by atoms with Crippen molar-refractivity contribution in [2.24, 2.45) is 11.8 Å². The van der Waals surface area contributed by atoms with Crippen LogP contribution in [0.4, 0.5) is 0 Å². The van der Waals surface area contributed by atoms with Crippen molar-refractivity contribution < 1.29 is 9.59 Å². The number of carbonyl (C=O) groups is 2. The van der Waals surface area contributed by atoms with Gasteiger partial charge in [0.1, 0.15) is 0 Å². The molecule has 0 unspecified atom stereocenters. The number of piperidine rings is 1. The predicted molar refractivity (Wildman–Crippen MR) is 92.4 cm³/mol. The molecule has 1 aromatic rings. The fourth-order valence-electron chi connectivity index (χ4n) is 3.82. The van der Waals surface area contributed by atoms with Crippen molar-refractivity contribution in [1.82, 2.24) is 15.2 Å². The Morgan fingerprint density at radius 1 is 1.04 bits per heavy atom. The molecule has 1 aromatic heterocycles. The predicted octanol–water partition coefficient (Wildman–Crippen LogP) is 2.63. The van der Waals surface area contributed by atoms with E-state index in [4.69, 9.17) is 0 Å². The first-order chi connectivity index (χ1) is 11.7. The van der Waals surface area contributed by atoms with E-state index in [1.807, 2.05) is 4.90 Å². The van der Waals surface area contributed by atoms with Crippen molar-refractivity contribution in [3.8, 4) is 0 Å². The van der Waals surface area contributed by atoms with Crippen LogP contribution in [0.5, 0.6) is 0 Å². The Morgan fingerprint density at radius 2 is 1.71 bits per heavy atom. The van der Waals surface area contributed by atoms with Gasteiger partial charge < -0.3 is 10.2 Å². The molecule has 1 aliphatic carbocycles. The molecule has 1 aliphatic heterocycles. The standard InChI is InChI=1S/C19H27N3O2/c23-18(13-15-3-1-2-4-15)21-14-16-7-11-22(12-8-16)19(24)17-5-9-20-10-6-17/h5-6,9-10,15-16H,1-4,7-8,11-14H2,(H,21,23). The Labute approximate surface area is 143 Å². The second-order valence-electron chi connectivity index (χ2n) is 7.13. The zero-order valence-corrected chi connectivity index (χ0v) is 14.2. The monoisotopic (exact) mass is 329 g/mol. The summed E-state index contributed by atoms with van der Waals surface area (Å²) in [7, 11) is 0. The summed E-state index contributed by atoms with van der Waals surface area (Å²) in [6.45, 7) is 2.29. The zero-order valence-electron chi connectivity index (χ0n) is 14.2. The van der Waals surface area contributed by atoms with E-state index in [0.717, 1.165) is 32.5 Å². The molecule has 0 spiro atoms. The second kappa shape index (κ2) is 8.27. The molecule has 0 radical (unpaired) electrons. The molecule has 3 rings (SSSR count). The van der Waals surface area contributed by atoms with Crippen LogP contribution in [0.2, 0.25) is 0 Å². The molecule has 0 aromatic carbocycles. The van der Waals surface area contributed by atoms with Crippen molar-refractivity contribution in [1.29, 1.82) is 0 Å². The molecule has 5 nitrogen and oxygen atoms in total. The summed E-state index contributed by atoms with van der Waals surface area (Å²) in [4.78, 5) is 30.3. The number of carbonyl (C=O) groups excluding carboxylic acids is 2. The Bertz CT molecular complexity index is 547. The van der Waals surface area contributed by atoms with Gasteiger partial charge >= 0.3 is 0 Å². The van der Waals surface area contributed by atoms with E-state index >= 15 is 0 Å². The normalized spacial score (nSPS) is 19.4. The van der Waals surface area contributed by atoms with E-state index in [9.17, 15) is 9.59 Å². The van der Waals surface area contributed by atoms with Gasteiger partial charge in [0.2, 0.25) is 5.91 Å². The maximum atomic E-state index is 12.4. The third-order valence-corrected chi connectivity index (χ3v) is 5.37. The topological polar surface area (TPSA) is 62.3 Å². The molecular formula is C19H27N3O2. The van der Waals surface area contributed by atoms with Crippen molar-refractivity contribution >= 4 is 11.8 Å². The lowest BCUT2D eigenvalue weighted by molar-refractivity contribution is -0.122. The molecule has 0 atom stereocenters. The minimum atomic E-state index is 0.0844. The number of hydrogen-bond acceptors (Lipinski definition) is 3. The number of nitrogens with zero attached hydrogens (tertiary/aromatic N) is 2. The highest BCUT2D eigenvalue weighted by Crippen LogP contribution is 2.27. The van der Waals surface area contributed by atoms with Crippen LogP contribution in [0.3, 0.4) is 0 Å². The number of aromatic nitrogens is 1. The van der Waals surface area contributed by atoms with Gasteiger partial charge in [-0.25, -0.2) is 0 Å². The van der Waals surface area contributed by atoms with Crippen LogP contribution in [0.15, 0.2) is 24.5 Å². The molecular weight excluding hydrogens is 302 g/mol. The first-order valence-electron chi connectivity index (χ1n) is 9.18. The molecule has 2 amide bonds. The molecule has 0 bridgehead atoms. The van der Waals surface area contributed by atoms with Gasteiger partial charge in [-0.05, 0) is 49.7 Å². The van der Waals surface area contributed by atoms with Gasteiger partial charge in [-0.2, -0.15) is 0 Å². The summed E-state index contributed by atoms with van der Waals surface area (Å²) in [5, 5.41) is 3.10. The molecule has 1 N–H and O–H groups in total. The molecule has 1 saturated heterocycles. The summed E-state index contributed by atoms with van der Waals surface area (Å²) >= 11 is 0. The van der Waals surface area contributed by atoms with E-state index in [2.05, 4.69) is 10.3 Å². The number of rotatable bonds is 5. The van der Waals surface area contributed by atoms with Crippen molar-refractivity contribution in [2.75, 3.05) is 19.6 Å². The van der Waals surface area contributed by atoms with Crippen LogP contribution < -0.4 is 5.32 Å². The average molecular weight is 329 g/mol. The SMILES string of the molecule is O=C(CC1CCCC1)NCC1CCN(C(=O)c2ccncc2)CC1. The smallest absolute Gasteiger partial charge is 0.253 e. The lowest BCUT2D eigenvalue weighted by Crippen LogP contribution is -2.41. The van der Waals surface area contributed by atoms with E-state index in [-0.39, 0.29) is 11.8 Å². The summed E-state index contributed by atoms with van der Waals surface area (Å²) in [6.07, 6.45) is 10.9. The van der Waals surface area contributed by atoms with Gasteiger partial charge in [0.05, 0.1) is 0 Å². The van der Waals surface area contributed by atoms with E-state index in [1.165, 1.54) is 25.7 Å². The van der Waals surface area contributed by atoms with E-state index < -0.39 is 0 Å². The third-order valence-electron chi connectivity index (χ3n) is 5.37. The van der Waals surface area contributed by atoms with Crippen LogP contribution in [0.1, 0.15) is 55.3 Å². The van der Waals surface area contributed by atoms with Gasteiger partial charge in [-0.1, -0.05) is 12.8 Å². The van der Waals surface area contributed by atoms with Gasteiger partial charge in [0.25, 0.3) is 5.91 Å². The third kappa shape index (κ3) is 4.56. The Hall–Kier alpha value is -1.91. The van der Waals surface area contributed by atoms with Crippen LogP contribution in [0, 0.1) is 11.8 Å². The Morgan fingerprint density at radius 3 is 2.38 bits per heavy atom. The highest BCUT2D eigenvalue weighted by molar-refractivity contribution is 5.94. The summed E-state index contributed by atoms with van der Waals surface area (Å²) in [5.74, 6) is 1.38. The van der Waals surface area contributed by atoms with Crippen LogP contribution >= 0.6 is 0 Å². The zero-order chi connectivity index (χ0) is 16.8. The number of nitrogens with one attached hydrogen (secondary N) is 1. The fourth-order valence-corrected chi connectivity index (χ4v) is 3.82. The van der Waals surface area contributed by atoms with Crippen molar-refractivity contribution in [3.63, 3.8) is 0 Å². The van der Waals surface area contributed by atoms with Crippen molar-refractivity contribution in [2.45, 2.75) is 44.9 Å². The highest BCUT2D eigenvalue weighted by atomic mass is 16.2. The number of hydrogen-bond donors (Lipinski definition) is 1. The minimum absolute atomic E-state index is 0.0844. The lowest BCUT2D eigenvalue weighted by Gasteiger charge is -2.32. The largest absolute Gasteiger partial charge is 0.356 e. The number of pyridine rings is 1. The van der Waals surface area contributed by atoms with Crippen molar-refractivity contribution in [3.05, 3.63) is 30.1 Å². The number of likely N-dealkylation sites (tertiary alicyclic amines) is 1. The molecule has 24 heavy (non-hydrogen) atoms. The van der Waals surface area contributed by atoms with E-state index in [0.29, 0.717) is 23.8 Å². The average Bonchev–Trinajstić information content (AvgIpc) is 3.13. The first kappa shape index (κ1) is 16.9. The fraction of sp³-hybridized carbons (Fsp3) is 0.632. The summed E-state index contributed by atoms with van der Waals surface area (Å²) in [5.41, 5.74) is 0.702. The molecule has 2 heterocycles. The molecule has 130 valence electrons. The maximum absolute atomic E-state index is 12.4. The Kier molecular flexibility index (Phi) is 5.83. The first-order valence-corrected chi connectivity index (χ1v) is 9.18. The van der Waals surface area contributed by atoms with Gasteiger partial charge in [-0.15, -0.1) is 0 Å². The van der Waals surface area contributed by atoms with Crippen LogP contribution in [-0.4, -0.2) is 41.3 Å². The highest BCUT2D eigenvalue weighted by Gasteiger charge is 2.24. The van der Waals surface area contributed by atoms with Crippen LogP contribution in [-0.2, 0) is 4.79 Å². The molecule has 1 saturated carbocycles. The van der Waals surface area contributed by atoms with E-state index in [1.54, 1.807) is 24.5 Å². The van der Waals surface area contributed by atoms with Gasteiger partial charge in [-0.3, -0.25) is 14.6 Å². The molecule has 2 fully saturated rings.